The molecule has 0 bridgehead atoms. The third kappa shape index (κ3) is 5.08. The first-order chi connectivity index (χ1) is 12.1. The minimum atomic E-state index is -0.967. The molecule has 0 radical (unpaired) electrons. The van der Waals surface area contributed by atoms with Crippen LogP contribution in [0.25, 0.3) is 0 Å². The molecular weight excluding hydrogens is 318 g/mol. The number of carbonyl (C=O) groups excluding carboxylic acids is 1. The number of ether oxygens (including phenoxy) is 1. The summed E-state index contributed by atoms with van der Waals surface area (Å²) in [5, 5.41) is 11.8. The molecule has 0 spiro atoms. The zero-order valence-electron chi connectivity index (χ0n) is 13.9. The number of carbonyl (C=O) groups is 2. The highest BCUT2D eigenvalue weighted by Crippen LogP contribution is 2.40. The van der Waals surface area contributed by atoms with Crippen LogP contribution in [0.5, 0.6) is 0 Å². The predicted molar refractivity (Wildman–Crippen MR) is 93.2 cm³/mol. The summed E-state index contributed by atoms with van der Waals surface area (Å²) in [6, 6.07) is 16.5. The molecule has 1 fully saturated rings. The van der Waals surface area contributed by atoms with Crippen molar-refractivity contribution in [1.82, 2.24) is 5.32 Å². The van der Waals surface area contributed by atoms with E-state index in [1.165, 1.54) is 18.4 Å². The van der Waals surface area contributed by atoms with Crippen LogP contribution in [0.1, 0.15) is 47.9 Å². The zero-order valence-corrected chi connectivity index (χ0v) is 13.9. The fourth-order valence-corrected chi connectivity index (χ4v) is 2.78. The van der Waals surface area contributed by atoms with Gasteiger partial charge in [0, 0.05) is 0 Å². The normalized spacial score (nSPS) is 14.6. The van der Waals surface area contributed by atoms with Gasteiger partial charge in [0.1, 0.15) is 6.61 Å². The standard InChI is InChI=1S/C20H21NO4/c22-19(23)12-18(17-8-4-7-16(11-17)15-9-10-15)21-20(24)25-13-14-5-2-1-3-6-14/h1-8,11,15,18H,9-10,12-13H2,(H,21,24)(H,22,23)/t18-/m1/s1. The fourth-order valence-electron chi connectivity index (χ4n) is 2.78. The van der Waals surface area contributed by atoms with Crippen molar-refractivity contribution >= 4 is 12.1 Å². The summed E-state index contributed by atoms with van der Waals surface area (Å²) in [5.74, 6) is -0.402. The van der Waals surface area contributed by atoms with E-state index in [0.29, 0.717) is 5.92 Å². The molecule has 25 heavy (non-hydrogen) atoms. The van der Waals surface area contributed by atoms with Gasteiger partial charge in [-0.05, 0) is 35.4 Å². The lowest BCUT2D eigenvalue weighted by atomic mass is 9.99. The van der Waals surface area contributed by atoms with Crippen LogP contribution in [0.4, 0.5) is 4.79 Å². The Kier molecular flexibility index (Phi) is 5.33. The maximum Gasteiger partial charge on any atom is 0.407 e. The van der Waals surface area contributed by atoms with Crippen LogP contribution >= 0.6 is 0 Å². The number of rotatable bonds is 7. The van der Waals surface area contributed by atoms with Crippen LogP contribution in [0.15, 0.2) is 54.6 Å². The van der Waals surface area contributed by atoms with Gasteiger partial charge in [-0.25, -0.2) is 4.79 Å². The lowest BCUT2D eigenvalue weighted by molar-refractivity contribution is -0.137. The topological polar surface area (TPSA) is 75.6 Å². The highest BCUT2D eigenvalue weighted by Gasteiger charge is 2.25. The van der Waals surface area contributed by atoms with Crippen molar-refractivity contribution in [3.63, 3.8) is 0 Å². The summed E-state index contributed by atoms with van der Waals surface area (Å²) < 4.78 is 5.21. The van der Waals surface area contributed by atoms with E-state index < -0.39 is 18.1 Å². The van der Waals surface area contributed by atoms with E-state index in [4.69, 9.17) is 9.84 Å². The SMILES string of the molecule is O=C(O)C[C@@H](NC(=O)OCc1ccccc1)c1cccc(C2CC2)c1. The zero-order chi connectivity index (χ0) is 17.6. The molecular formula is C20H21NO4. The van der Waals surface area contributed by atoms with E-state index in [-0.39, 0.29) is 13.0 Å². The molecule has 5 nitrogen and oxygen atoms in total. The minimum absolute atomic E-state index is 0.147. The Balaban J connectivity index is 1.64. The minimum Gasteiger partial charge on any atom is -0.481 e. The van der Waals surface area contributed by atoms with E-state index in [0.717, 1.165) is 11.1 Å². The maximum absolute atomic E-state index is 12.1. The van der Waals surface area contributed by atoms with Crippen molar-refractivity contribution in [2.45, 2.75) is 37.8 Å². The number of hydrogen-bond donors (Lipinski definition) is 2. The van der Waals surface area contributed by atoms with Crippen LogP contribution in [-0.4, -0.2) is 17.2 Å². The second kappa shape index (κ2) is 7.83. The third-order valence-corrected chi connectivity index (χ3v) is 4.25. The molecule has 1 aliphatic carbocycles. The summed E-state index contributed by atoms with van der Waals surface area (Å²) >= 11 is 0. The summed E-state index contributed by atoms with van der Waals surface area (Å²) in [7, 11) is 0. The Hall–Kier alpha value is -2.82. The Morgan fingerprint density at radius 2 is 1.88 bits per heavy atom. The van der Waals surface area contributed by atoms with E-state index >= 15 is 0 Å². The Labute approximate surface area is 146 Å². The second-order valence-electron chi connectivity index (χ2n) is 6.30. The third-order valence-electron chi connectivity index (χ3n) is 4.25. The van der Waals surface area contributed by atoms with Gasteiger partial charge >= 0.3 is 12.1 Å². The molecule has 1 atom stereocenters. The molecule has 1 aliphatic rings. The molecule has 1 saturated carbocycles. The van der Waals surface area contributed by atoms with Crippen LogP contribution in [0, 0.1) is 0 Å². The van der Waals surface area contributed by atoms with Crippen molar-refractivity contribution in [3.05, 3.63) is 71.3 Å². The van der Waals surface area contributed by atoms with Crippen molar-refractivity contribution in [2.75, 3.05) is 0 Å². The van der Waals surface area contributed by atoms with E-state index in [2.05, 4.69) is 5.32 Å². The second-order valence-corrected chi connectivity index (χ2v) is 6.30. The van der Waals surface area contributed by atoms with Gasteiger partial charge in [-0.15, -0.1) is 0 Å². The lowest BCUT2D eigenvalue weighted by Gasteiger charge is -2.18. The average molecular weight is 339 g/mol. The summed E-state index contributed by atoms with van der Waals surface area (Å²) in [5.41, 5.74) is 2.87. The molecule has 2 N–H and O–H groups in total. The highest BCUT2D eigenvalue weighted by molar-refractivity contribution is 5.72. The average Bonchev–Trinajstić information content (AvgIpc) is 3.45. The van der Waals surface area contributed by atoms with Crippen LogP contribution in [-0.2, 0) is 16.1 Å². The number of benzene rings is 2. The van der Waals surface area contributed by atoms with Crippen molar-refractivity contribution in [1.29, 1.82) is 0 Å². The predicted octanol–water partition coefficient (Wildman–Crippen LogP) is 4.01. The first-order valence-electron chi connectivity index (χ1n) is 8.40. The van der Waals surface area contributed by atoms with Crippen molar-refractivity contribution in [3.8, 4) is 0 Å². The van der Waals surface area contributed by atoms with Crippen molar-refractivity contribution < 1.29 is 19.4 Å². The molecule has 0 saturated heterocycles. The number of carboxylic acids is 1. The first kappa shape index (κ1) is 17.0. The largest absolute Gasteiger partial charge is 0.481 e. The van der Waals surface area contributed by atoms with Gasteiger partial charge < -0.3 is 15.2 Å². The number of hydrogen-bond acceptors (Lipinski definition) is 3. The quantitative estimate of drug-likeness (QED) is 0.799. The van der Waals surface area contributed by atoms with Crippen molar-refractivity contribution in [2.24, 2.45) is 0 Å². The number of nitrogens with one attached hydrogen (secondary N) is 1. The van der Waals surface area contributed by atoms with Crippen LogP contribution in [0.2, 0.25) is 0 Å². The van der Waals surface area contributed by atoms with Crippen LogP contribution < -0.4 is 5.32 Å². The van der Waals surface area contributed by atoms with E-state index in [9.17, 15) is 9.59 Å². The first-order valence-corrected chi connectivity index (χ1v) is 8.40. The number of aliphatic carboxylic acids is 1. The lowest BCUT2D eigenvalue weighted by Crippen LogP contribution is -2.30. The summed E-state index contributed by atoms with van der Waals surface area (Å²) in [4.78, 5) is 23.3. The summed E-state index contributed by atoms with van der Waals surface area (Å²) in [6.45, 7) is 0.147. The molecule has 1 amide bonds. The Morgan fingerprint density at radius 1 is 1.12 bits per heavy atom. The molecule has 0 aromatic heterocycles. The molecule has 0 heterocycles. The molecule has 2 aromatic carbocycles. The maximum atomic E-state index is 12.1. The van der Waals surface area contributed by atoms with E-state index in [1.54, 1.807) is 0 Å². The molecule has 3 rings (SSSR count). The summed E-state index contributed by atoms with van der Waals surface area (Å²) in [6.07, 6.45) is 1.53. The van der Waals surface area contributed by atoms with Gasteiger partial charge in [0.25, 0.3) is 0 Å². The Bertz CT molecular complexity index is 740. The number of alkyl carbamates (subject to hydrolysis) is 1. The monoisotopic (exact) mass is 339 g/mol. The van der Waals surface area contributed by atoms with Gasteiger partial charge in [-0.1, -0.05) is 54.6 Å². The highest BCUT2D eigenvalue weighted by atomic mass is 16.5. The fraction of sp³-hybridized carbons (Fsp3) is 0.300. The number of amides is 1. The van der Waals surface area contributed by atoms with E-state index in [1.807, 2.05) is 54.6 Å². The van der Waals surface area contributed by atoms with Gasteiger partial charge in [0.05, 0.1) is 12.5 Å². The van der Waals surface area contributed by atoms with Gasteiger partial charge in [-0.2, -0.15) is 0 Å². The molecule has 5 heteroatoms. The Morgan fingerprint density at radius 3 is 2.56 bits per heavy atom. The molecule has 0 unspecified atom stereocenters. The van der Waals surface area contributed by atoms with Gasteiger partial charge in [0.2, 0.25) is 0 Å². The smallest absolute Gasteiger partial charge is 0.407 e. The molecule has 130 valence electrons. The molecule has 0 aliphatic heterocycles. The number of carboxylic acid groups (broad SMARTS) is 1. The van der Waals surface area contributed by atoms with Crippen LogP contribution in [0.3, 0.4) is 0 Å². The van der Waals surface area contributed by atoms with Gasteiger partial charge in [-0.3, -0.25) is 4.79 Å². The molecule has 2 aromatic rings. The van der Waals surface area contributed by atoms with Gasteiger partial charge in [0.15, 0.2) is 0 Å².